The van der Waals surface area contributed by atoms with Gasteiger partial charge in [-0.3, -0.25) is 9.59 Å². The van der Waals surface area contributed by atoms with Crippen molar-refractivity contribution in [3.63, 3.8) is 0 Å². The average molecular weight is 295 g/mol. The molecular weight excluding hydrogens is 285 g/mol. The Morgan fingerprint density at radius 2 is 2.00 bits per heavy atom. The maximum Gasteiger partial charge on any atom is 0.488 e. The molecular formula is C14H10BN3O4. The molecule has 22 heavy (non-hydrogen) atoms. The van der Waals surface area contributed by atoms with E-state index in [-0.39, 0.29) is 22.4 Å². The van der Waals surface area contributed by atoms with E-state index in [0.717, 1.165) is 0 Å². The lowest BCUT2D eigenvalue weighted by atomic mass is 9.80. The van der Waals surface area contributed by atoms with E-state index >= 15 is 0 Å². The fourth-order valence-electron chi connectivity index (χ4n) is 2.13. The van der Waals surface area contributed by atoms with Gasteiger partial charge >= 0.3 is 7.12 Å². The van der Waals surface area contributed by atoms with Crippen LogP contribution in [0.25, 0.3) is 0 Å². The van der Waals surface area contributed by atoms with Gasteiger partial charge in [-0.2, -0.15) is 0 Å². The molecule has 0 bridgehead atoms. The second-order valence-corrected chi connectivity index (χ2v) is 4.66. The molecule has 1 aliphatic carbocycles. The number of Topliss-reactive ketones (excluding diaryl/α,β-unsaturated/α-hetero) is 1. The van der Waals surface area contributed by atoms with Crippen LogP contribution in [0.5, 0.6) is 0 Å². The normalized spacial score (nSPS) is 13.5. The number of nitrogens with zero attached hydrogens (tertiary/aromatic N) is 2. The van der Waals surface area contributed by atoms with Crippen molar-refractivity contribution >= 4 is 29.8 Å². The largest absolute Gasteiger partial charge is 0.488 e. The van der Waals surface area contributed by atoms with Gasteiger partial charge in [0, 0.05) is 18.0 Å². The number of hydrogen-bond donors (Lipinski definition) is 3. The van der Waals surface area contributed by atoms with Gasteiger partial charge < -0.3 is 15.4 Å². The number of carbonyl (C=O) groups is 2. The van der Waals surface area contributed by atoms with Crippen molar-refractivity contribution in [1.29, 1.82) is 0 Å². The summed E-state index contributed by atoms with van der Waals surface area (Å²) in [5, 5.41) is 21.1. The van der Waals surface area contributed by atoms with E-state index in [2.05, 4.69) is 15.3 Å². The Morgan fingerprint density at radius 3 is 2.77 bits per heavy atom. The summed E-state index contributed by atoms with van der Waals surface area (Å²) in [5.74, 6) is -0.789. The number of ketones is 2. The highest BCUT2D eigenvalue weighted by molar-refractivity contribution is 6.58. The van der Waals surface area contributed by atoms with Gasteiger partial charge in [-0.25, -0.2) is 9.97 Å². The highest BCUT2D eigenvalue weighted by Crippen LogP contribution is 2.20. The van der Waals surface area contributed by atoms with E-state index in [9.17, 15) is 9.59 Å². The molecule has 0 radical (unpaired) electrons. The Hall–Kier alpha value is -2.84. The maximum atomic E-state index is 12.3. The van der Waals surface area contributed by atoms with E-state index in [0.29, 0.717) is 5.69 Å². The molecule has 108 valence electrons. The molecule has 2 aromatic rings. The first kappa shape index (κ1) is 14.1. The fourth-order valence-corrected chi connectivity index (χ4v) is 2.13. The van der Waals surface area contributed by atoms with Crippen LogP contribution in [-0.4, -0.2) is 38.7 Å². The fraction of sp³-hybridized carbons (Fsp3) is 0. The van der Waals surface area contributed by atoms with Crippen LogP contribution < -0.4 is 10.8 Å². The quantitative estimate of drug-likeness (QED) is 0.656. The number of allylic oxidation sites excluding steroid dienone is 2. The number of aromatic nitrogens is 2. The van der Waals surface area contributed by atoms with Gasteiger partial charge in [0.1, 0.15) is 12.0 Å². The van der Waals surface area contributed by atoms with Crippen LogP contribution in [0.3, 0.4) is 0 Å². The van der Waals surface area contributed by atoms with Gasteiger partial charge in [0.15, 0.2) is 0 Å². The van der Waals surface area contributed by atoms with Crippen molar-refractivity contribution in [2.75, 3.05) is 5.32 Å². The summed E-state index contributed by atoms with van der Waals surface area (Å²) >= 11 is 0. The molecule has 0 fully saturated rings. The Kier molecular flexibility index (Phi) is 3.54. The first-order valence-electron chi connectivity index (χ1n) is 6.40. The lowest BCUT2D eigenvalue weighted by Gasteiger charge is -2.15. The monoisotopic (exact) mass is 295 g/mol. The second-order valence-electron chi connectivity index (χ2n) is 4.66. The van der Waals surface area contributed by atoms with Gasteiger partial charge in [-0.15, -0.1) is 0 Å². The van der Waals surface area contributed by atoms with E-state index in [1.165, 1.54) is 30.7 Å². The minimum atomic E-state index is -1.62. The Morgan fingerprint density at radius 1 is 1.18 bits per heavy atom. The smallest absolute Gasteiger partial charge is 0.423 e. The molecule has 0 aliphatic heterocycles. The van der Waals surface area contributed by atoms with Crippen LogP contribution in [-0.2, 0) is 0 Å². The van der Waals surface area contributed by atoms with Crippen LogP contribution in [0.1, 0.15) is 20.8 Å². The van der Waals surface area contributed by atoms with Crippen LogP contribution >= 0.6 is 0 Å². The number of rotatable bonds is 3. The molecule has 1 aromatic carbocycles. The molecule has 0 saturated carbocycles. The number of nitrogens with one attached hydrogen (secondary N) is 1. The third kappa shape index (κ3) is 2.52. The minimum absolute atomic E-state index is 0.0741. The Labute approximate surface area is 125 Å². The van der Waals surface area contributed by atoms with Crippen LogP contribution in [0, 0.1) is 0 Å². The van der Waals surface area contributed by atoms with Crippen molar-refractivity contribution in [3.05, 3.63) is 59.8 Å². The highest BCUT2D eigenvalue weighted by atomic mass is 16.4. The van der Waals surface area contributed by atoms with Crippen LogP contribution in [0.4, 0.5) is 5.69 Å². The van der Waals surface area contributed by atoms with Gasteiger partial charge in [-0.05, 0) is 17.6 Å². The number of benzene rings is 1. The van der Waals surface area contributed by atoms with Crippen molar-refractivity contribution in [1.82, 2.24) is 9.97 Å². The molecule has 3 N–H and O–H groups in total. The summed E-state index contributed by atoms with van der Waals surface area (Å²) in [4.78, 5) is 31.9. The van der Waals surface area contributed by atoms with E-state index in [1.54, 1.807) is 12.1 Å². The van der Waals surface area contributed by atoms with E-state index in [1.807, 2.05) is 0 Å². The van der Waals surface area contributed by atoms with Crippen molar-refractivity contribution < 1.29 is 19.6 Å². The molecule has 7 nitrogen and oxygen atoms in total. The first-order chi connectivity index (χ1) is 10.6. The van der Waals surface area contributed by atoms with E-state index < -0.39 is 18.7 Å². The molecule has 0 spiro atoms. The molecule has 0 saturated heterocycles. The zero-order valence-electron chi connectivity index (χ0n) is 11.2. The zero-order valence-corrected chi connectivity index (χ0v) is 11.2. The minimum Gasteiger partial charge on any atom is -0.423 e. The van der Waals surface area contributed by atoms with Crippen LogP contribution in [0.15, 0.2) is 48.6 Å². The summed E-state index contributed by atoms with van der Waals surface area (Å²) in [5.41, 5.74) is 1.01. The molecule has 3 rings (SSSR count). The summed E-state index contributed by atoms with van der Waals surface area (Å²) in [6.07, 6.45) is 3.67. The third-order valence-electron chi connectivity index (χ3n) is 3.17. The lowest BCUT2D eigenvalue weighted by Crippen LogP contribution is -2.30. The Balaban J connectivity index is 1.92. The predicted octanol–water partition coefficient (Wildman–Crippen LogP) is -0.469. The van der Waals surface area contributed by atoms with Gasteiger partial charge in [0.05, 0.1) is 11.3 Å². The number of hydrogen-bond acceptors (Lipinski definition) is 7. The number of carbonyl (C=O) groups excluding carboxylic acids is 2. The molecule has 1 aromatic heterocycles. The van der Waals surface area contributed by atoms with E-state index in [4.69, 9.17) is 10.0 Å². The van der Waals surface area contributed by atoms with Crippen molar-refractivity contribution in [2.45, 2.75) is 0 Å². The summed E-state index contributed by atoms with van der Waals surface area (Å²) < 4.78 is 0. The van der Waals surface area contributed by atoms with Gasteiger partial charge in [-0.1, -0.05) is 12.1 Å². The molecule has 0 unspecified atom stereocenters. The van der Waals surface area contributed by atoms with Crippen LogP contribution in [0.2, 0.25) is 0 Å². The SMILES string of the molecule is O=C1C(Nc2cccc(B(O)O)c2)=CC(=O)c2ncncc21. The zero-order chi connectivity index (χ0) is 15.7. The maximum absolute atomic E-state index is 12.3. The van der Waals surface area contributed by atoms with Crippen molar-refractivity contribution in [2.24, 2.45) is 0 Å². The predicted molar refractivity (Wildman–Crippen MR) is 78.7 cm³/mol. The molecule has 0 atom stereocenters. The second kappa shape index (κ2) is 5.51. The molecule has 8 heteroatoms. The third-order valence-corrected chi connectivity index (χ3v) is 3.17. The topological polar surface area (TPSA) is 112 Å². The van der Waals surface area contributed by atoms with Gasteiger partial charge in [0.2, 0.25) is 11.6 Å². The number of anilines is 1. The van der Waals surface area contributed by atoms with Gasteiger partial charge in [0.25, 0.3) is 0 Å². The highest BCUT2D eigenvalue weighted by Gasteiger charge is 2.27. The average Bonchev–Trinajstić information content (AvgIpc) is 2.52. The molecule has 0 amide bonds. The molecule has 1 heterocycles. The summed E-state index contributed by atoms with van der Waals surface area (Å²) in [6.45, 7) is 0. The number of fused-ring (bicyclic) bond motifs is 1. The van der Waals surface area contributed by atoms with Crippen molar-refractivity contribution in [3.8, 4) is 0 Å². The standard InChI is InChI=1S/C14H10BN3O4/c19-12-5-11(14(20)10-6-16-7-17-13(10)12)18-9-3-1-2-8(4-9)15(21)22/h1-7,18,21-22H. The first-order valence-corrected chi connectivity index (χ1v) is 6.40. The Bertz CT molecular complexity index is 804. The summed E-state index contributed by atoms with van der Waals surface area (Å²) in [6, 6.07) is 6.24. The lowest BCUT2D eigenvalue weighted by molar-refractivity contribution is 0.0981. The summed E-state index contributed by atoms with van der Waals surface area (Å²) in [7, 11) is -1.62. The molecule has 1 aliphatic rings.